The van der Waals surface area contributed by atoms with Gasteiger partial charge in [-0.15, -0.1) is 0 Å². The monoisotopic (exact) mass is 216 g/mol. The summed E-state index contributed by atoms with van der Waals surface area (Å²) in [5.74, 6) is 1.79. The summed E-state index contributed by atoms with van der Waals surface area (Å²) in [5, 5.41) is 7.07. The number of rotatable bonds is 3. The van der Waals surface area contributed by atoms with Gasteiger partial charge in [0.1, 0.15) is 5.82 Å². The van der Waals surface area contributed by atoms with E-state index in [1.807, 2.05) is 30.3 Å². The summed E-state index contributed by atoms with van der Waals surface area (Å²) >= 11 is 0. The molecule has 0 aliphatic carbocycles. The molecule has 4 heteroatoms. The summed E-state index contributed by atoms with van der Waals surface area (Å²) in [6, 6.07) is 9.77. The van der Waals surface area contributed by atoms with Gasteiger partial charge in [-0.2, -0.15) is 5.10 Å². The van der Waals surface area contributed by atoms with Crippen LogP contribution in [-0.4, -0.2) is 15.2 Å². The van der Waals surface area contributed by atoms with E-state index in [2.05, 4.69) is 29.0 Å². The van der Waals surface area contributed by atoms with Crippen molar-refractivity contribution >= 4 is 0 Å². The van der Waals surface area contributed by atoms with E-state index < -0.39 is 0 Å². The van der Waals surface area contributed by atoms with E-state index >= 15 is 0 Å². The minimum atomic E-state index is -0.0926. The molecule has 1 heterocycles. The predicted molar refractivity (Wildman–Crippen MR) is 63.6 cm³/mol. The quantitative estimate of drug-likeness (QED) is 0.825. The lowest BCUT2D eigenvalue weighted by Crippen LogP contribution is -2.18. The smallest absolute Gasteiger partial charge is 0.181 e. The zero-order valence-electron chi connectivity index (χ0n) is 9.51. The molecule has 2 rings (SSSR count). The molecule has 16 heavy (non-hydrogen) atoms. The number of hydrogen-bond acceptors (Lipinski definition) is 3. The van der Waals surface area contributed by atoms with Crippen LogP contribution in [0.5, 0.6) is 0 Å². The topological polar surface area (TPSA) is 67.6 Å². The van der Waals surface area contributed by atoms with Crippen LogP contribution in [0.25, 0.3) is 11.4 Å². The van der Waals surface area contributed by atoms with Crippen molar-refractivity contribution < 1.29 is 0 Å². The number of benzene rings is 1. The molecule has 3 N–H and O–H groups in total. The number of nitrogens with zero attached hydrogens (tertiary/aromatic N) is 2. The van der Waals surface area contributed by atoms with Crippen molar-refractivity contribution in [2.45, 2.75) is 19.9 Å². The molecule has 0 aliphatic rings. The fraction of sp³-hybridized carbons (Fsp3) is 0.333. The van der Waals surface area contributed by atoms with Gasteiger partial charge in [0.2, 0.25) is 0 Å². The van der Waals surface area contributed by atoms with Crippen molar-refractivity contribution in [3.63, 3.8) is 0 Å². The van der Waals surface area contributed by atoms with Gasteiger partial charge in [-0.1, -0.05) is 44.2 Å². The largest absolute Gasteiger partial charge is 0.321 e. The van der Waals surface area contributed by atoms with Crippen molar-refractivity contribution in [3.8, 4) is 11.4 Å². The van der Waals surface area contributed by atoms with Gasteiger partial charge in [-0.25, -0.2) is 4.98 Å². The third-order valence-corrected chi connectivity index (χ3v) is 2.57. The van der Waals surface area contributed by atoms with E-state index in [9.17, 15) is 0 Å². The van der Waals surface area contributed by atoms with E-state index in [0.29, 0.717) is 11.7 Å². The van der Waals surface area contributed by atoms with Gasteiger partial charge in [-0.3, -0.25) is 5.10 Å². The molecular formula is C12H16N4. The Morgan fingerprint density at radius 2 is 1.88 bits per heavy atom. The van der Waals surface area contributed by atoms with E-state index in [-0.39, 0.29) is 6.04 Å². The third kappa shape index (κ3) is 2.12. The lowest BCUT2D eigenvalue weighted by atomic mass is 10.1. The molecule has 0 radical (unpaired) electrons. The maximum Gasteiger partial charge on any atom is 0.181 e. The average molecular weight is 216 g/mol. The first kappa shape index (κ1) is 10.8. The van der Waals surface area contributed by atoms with Crippen molar-refractivity contribution in [1.29, 1.82) is 0 Å². The van der Waals surface area contributed by atoms with Crippen LogP contribution in [0, 0.1) is 5.92 Å². The van der Waals surface area contributed by atoms with Gasteiger partial charge in [0, 0.05) is 5.56 Å². The third-order valence-electron chi connectivity index (χ3n) is 2.57. The highest BCUT2D eigenvalue weighted by atomic mass is 15.2. The Kier molecular flexibility index (Phi) is 3.01. The second-order valence-electron chi connectivity index (χ2n) is 4.18. The summed E-state index contributed by atoms with van der Waals surface area (Å²) in [7, 11) is 0. The van der Waals surface area contributed by atoms with E-state index in [0.717, 1.165) is 11.4 Å². The number of H-pyrrole nitrogens is 1. The van der Waals surface area contributed by atoms with Crippen molar-refractivity contribution in [2.24, 2.45) is 11.7 Å². The Morgan fingerprint density at radius 3 is 2.50 bits per heavy atom. The molecule has 2 aromatic rings. The molecular weight excluding hydrogens is 200 g/mol. The van der Waals surface area contributed by atoms with E-state index in [4.69, 9.17) is 5.73 Å². The van der Waals surface area contributed by atoms with Crippen LogP contribution in [0.15, 0.2) is 30.3 Å². The number of aromatic nitrogens is 3. The van der Waals surface area contributed by atoms with Gasteiger partial charge in [0.15, 0.2) is 5.82 Å². The molecule has 4 nitrogen and oxygen atoms in total. The summed E-state index contributed by atoms with van der Waals surface area (Å²) < 4.78 is 0. The molecule has 0 bridgehead atoms. The first-order valence-corrected chi connectivity index (χ1v) is 5.42. The summed E-state index contributed by atoms with van der Waals surface area (Å²) in [5.41, 5.74) is 7.00. The minimum Gasteiger partial charge on any atom is -0.321 e. The Balaban J connectivity index is 2.27. The molecule has 1 aromatic carbocycles. The molecule has 0 spiro atoms. The summed E-state index contributed by atoms with van der Waals surface area (Å²) in [6.07, 6.45) is 0. The Bertz CT molecular complexity index is 447. The second kappa shape index (κ2) is 4.45. The zero-order valence-corrected chi connectivity index (χ0v) is 9.51. The van der Waals surface area contributed by atoms with Gasteiger partial charge < -0.3 is 5.73 Å². The summed E-state index contributed by atoms with van der Waals surface area (Å²) in [6.45, 7) is 4.13. The fourth-order valence-corrected chi connectivity index (χ4v) is 1.46. The Labute approximate surface area is 94.9 Å². The maximum absolute atomic E-state index is 6.00. The normalized spacial score (nSPS) is 13.0. The standard InChI is InChI=1S/C12H16N4/c1-8(2)10(13)12-14-11(15-16-12)9-6-4-3-5-7-9/h3-8,10H,13H2,1-2H3,(H,14,15,16)/t10-/m1/s1. The maximum atomic E-state index is 6.00. The number of aromatic amines is 1. The fourth-order valence-electron chi connectivity index (χ4n) is 1.46. The Hall–Kier alpha value is -1.68. The van der Waals surface area contributed by atoms with E-state index in [1.165, 1.54) is 0 Å². The second-order valence-corrected chi connectivity index (χ2v) is 4.18. The average Bonchev–Trinajstić information content (AvgIpc) is 2.78. The minimum absolute atomic E-state index is 0.0926. The highest BCUT2D eigenvalue weighted by Crippen LogP contribution is 2.18. The van der Waals surface area contributed by atoms with Crippen molar-refractivity contribution in [2.75, 3.05) is 0 Å². The molecule has 1 aromatic heterocycles. The van der Waals surface area contributed by atoms with Crippen LogP contribution in [-0.2, 0) is 0 Å². The highest BCUT2D eigenvalue weighted by molar-refractivity contribution is 5.53. The zero-order chi connectivity index (χ0) is 11.5. The molecule has 0 saturated carbocycles. The van der Waals surface area contributed by atoms with Gasteiger partial charge in [-0.05, 0) is 5.92 Å². The lowest BCUT2D eigenvalue weighted by molar-refractivity contribution is 0.492. The highest BCUT2D eigenvalue weighted by Gasteiger charge is 2.15. The van der Waals surface area contributed by atoms with E-state index in [1.54, 1.807) is 0 Å². The number of hydrogen-bond donors (Lipinski definition) is 2. The lowest BCUT2D eigenvalue weighted by Gasteiger charge is -2.10. The molecule has 0 aliphatic heterocycles. The van der Waals surface area contributed by atoms with Gasteiger partial charge >= 0.3 is 0 Å². The Morgan fingerprint density at radius 1 is 1.19 bits per heavy atom. The molecule has 0 fully saturated rings. The van der Waals surface area contributed by atoms with Crippen LogP contribution in [0.2, 0.25) is 0 Å². The SMILES string of the molecule is CC(C)[C@@H](N)c1nc(-c2ccccc2)n[nH]1. The first-order valence-electron chi connectivity index (χ1n) is 5.42. The van der Waals surface area contributed by atoms with Crippen LogP contribution < -0.4 is 5.73 Å². The van der Waals surface area contributed by atoms with Crippen LogP contribution in [0.1, 0.15) is 25.7 Å². The first-order chi connectivity index (χ1) is 7.68. The van der Waals surface area contributed by atoms with Crippen LogP contribution >= 0.6 is 0 Å². The van der Waals surface area contributed by atoms with Crippen molar-refractivity contribution in [3.05, 3.63) is 36.2 Å². The molecule has 84 valence electrons. The summed E-state index contributed by atoms with van der Waals surface area (Å²) in [4.78, 5) is 4.41. The van der Waals surface area contributed by atoms with Crippen LogP contribution in [0.4, 0.5) is 0 Å². The predicted octanol–water partition coefficient (Wildman–Crippen LogP) is 2.13. The molecule has 0 saturated heterocycles. The van der Waals surface area contributed by atoms with Crippen LogP contribution in [0.3, 0.4) is 0 Å². The molecule has 1 atom stereocenters. The van der Waals surface area contributed by atoms with Gasteiger partial charge in [0.25, 0.3) is 0 Å². The van der Waals surface area contributed by atoms with Crippen molar-refractivity contribution in [1.82, 2.24) is 15.2 Å². The van der Waals surface area contributed by atoms with Gasteiger partial charge in [0.05, 0.1) is 6.04 Å². The number of nitrogens with two attached hydrogens (primary N) is 1. The molecule has 0 amide bonds. The number of nitrogens with one attached hydrogen (secondary N) is 1. The molecule has 0 unspecified atom stereocenters.